The number of nitrogens with zero attached hydrogens (tertiary/aromatic N) is 2. The quantitative estimate of drug-likeness (QED) is 0.926. The van der Waals surface area contributed by atoms with Crippen LogP contribution in [0.2, 0.25) is 0 Å². The molecule has 2 aliphatic rings. The number of hydrogen-bond acceptors (Lipinski definition) is 3. The molecule has 0 aliphatic carbocycles. The molecule has 1 N–H and O–H groups in total. The molecule has 1 atom stereocenters. The smallest absolute Gasteiger partial charge is 0.244 e. The predicted molar refractivity (Wildman–Crippen MR) is 88.6 cm³/mol. The second kappa shape index (κ2) is 7.41. The van der Waals surface area contributed by atoms with Gasteiger partial charge in [0.1, 0.15) is 11.9 Å². The Balaban J connectivity index is 1.86. The fourth-order valence-corrected chi connectivity index (χ4v) is 3.53. The van der Waals surface area contributed by atoms with Gasteiger partial charge in [0.2, 0.25) is 5.91 Å². The predicted octanol–water partition coefficient (Wildman–Crippen LogP) is 2.03. The average molecular weight is 319 g/mol. The molecule has 2 aliphatic heterocycles. The molecule has 2 fully saturated rings. The van der Waals surface area contributed by atoms with Gasteiger partial charge in [-0.25, -0.2) is 4.39 Å². The largest absolute Gasteiger partial charge is 0.338 e. The van der Waals surface area contributed by atoms with Crippen LogP contribution in [-0.2, 0) is 4.79 Å². The molecule has 3 rings (SSSR count). The highest BCUT2D eigenvalue weighted by Gasteiger charge is 2.34. The number of piperidine rings is 1. The first-order chi connectivity index (χ1) is 11.2. The van der Waals surface area contributed by atoms with Crippen molar-refractivity contribution < 1.29 is 9.18 Å². The maximum atomic E-state index is 14.4. The number of benzene rings is 1. The number of rotatable bonds is 3. The summed E-state index contributed by atoms with van der Waals surface area (Å²) in [6.07, 6.45) is 2.14. The Labute approximate surface area is 137 Å². The topological polar surface area (TPSA) is 35.6 Å². The van der Waals surface area contributed by atoms with E-state index in [-0.39, 0.29) is 11.7 Å². The molecule has 0 saturated carbocycles. The van der Waals surface area contributed by atoms with E-state index in [1.165, 1.54) is 6.07 Å². The minimum Gasteiger partial charge on any atom is -0.338 e. The number of carbonyl (C=O) groups excluding carboxylic acids is 1. The zero-order valence-corrected chi connectivity index (χ0v) is 13.8. The van der Waals surface area contributed by atoms with Crippen LogP contribution < -0.4 is 5.32 Å². The second-order valence-electron chi connectivity index (χ2n) is 6.72. The van der Waals surface area contributed by atoms with Gasteiger partial charge in [-0.3, -0.25) is 9.69 Å². The van der Waals surface area contributed by atoms with Gasteiger partial charge in [0.25, 0.3) is 0 Å². The summed E-state index contributed by atoms with van der Waals surface area (Å²) in [4.78, 5) is 17.2. The Hall–Kier alpha value is -1.46. The summed E-state index contributed by atoms with van der Waals surface area (Å²) in [5.41, 5.74) is 0.519. The minimum atomic E-state index is -0.484. The first-order valence-corrected chi connectivity index (χ1v) is 8.65. The van der Waals surface area contributed by atoms with E-state index in [9.17, 15) is 9.18 Å². The summed E-state index contributed by atoms with van der Waals surface area (Å²) < 4.78 is 14.4. The Morgan fingerprint density at radius 2 is 1.83 bits per heavy atom. The van der Waals surface area contributed by atoms with Crippen LogP contribution in [0.25, 0.3) is 0 Å². The number of halogens is 1. The zero-order valence-electron chi connectivity index (χ0n) is 13.8. The van der Waals surface area contributed by atoms with Crippen LogP contribution in [0.1, 0.15) is 31.4 Å². The number of hydrogen-bond donors (Lipinski definition) is 1. The molecule has 0 spiro atoms. The highest BCUT2D eigenvalue weighted by Crippen LogP contribution is 2.30. The molecule has 126 valence electrons. The van der Waals surface area contributed by atoms with Crippen LogP contribution in [0.4, 0.5) is 4.39 Å². The van der Waals surface area contributed by atoms with Gasteiger partial charge in [0.15, 0.2) is 0 Å². The van der Waals surface area contributed by atoms with Crippen LogP contribution >= 0.6 is 0 Å². The van der Waals surface area contributed by atoms with E-state index in [0.717, 1.165) is 39.0 Å². The lowest BCUT2D eigenvalue weighted by molar-refractivity contribution is -0.138. The molecule has 1 aromatic rings. The van der Waals surface area contributed by atoms with E-state index >= 15 is 0 Å². The van der Waals surface area contributed by atoms with E-state index in [2.05, 4.69) is 17.1 Å². The van der Waals surface area contributed by atoms with Crippen molar-refractivity contribution in [3.8, 4) is 0 Å². The summed E-state index contributed by atoms with van der Waals surface area (Å²) in [7, 11) is 0. The van der Waals surface area contributed by atoms with Crippen LogP contribution in [0.5, 0.6) is 0 Å². The van der Waals surface area contributed by atoms with Crippen LogP contribution in [0.3, 0.4) is 0 Å². The molecule has 0 radical (unpaired) electrons. The molecular formula is C18H26FN3O. The maximum Gasteiger partial charge on any atom is 0.244 e. The zero-order chi connectivity index (χ0) is 16.2. The Kier molecular flexibility index (Phi) is 5.28. The van der Waals surface area contributed by atoms with E-state index in [4.69, 9.17) is 0 Å². The molecule has 2 saturated heterocycles. The number of carbonyl (C=O) groups is 1. The van der Waals surface area contributed by atoms with Crippen LogP contribution in [-0.4, -0.2) is 55.0 Å². The lowest BCUT2D eigenvalue weighted by Crippen LogP contribution is -2.51. The van der Waals surface area contributed by atoms with Crippen molar-refractivity contribution in [1.82, 2.24) is 15.1 Å². The first kappa shape index (κ1) is 16.4. The van der Waals surface area contributed by atoms with Crippen LogP contribution in [0.15, 0.2) is 24.3 Å². The van der Waals surface area contributed by atoms with Crippen molar-refractivity contribution in [2.24, 2.45) is 5.92 Å². The number of likely N-dealkylation sites (tertiary alicyclic amines) is 1. The molecule has 1 unspecified atom stereocenters. The molecule has 5 heteroatoms. The molecule has 0 bridgehead atoms. The highest BCUT2D eigenvalue weighted by atomic mass is 19.1. The van der Waals surface area contributed by atoms with Crippen molar-refractivity contribution in [2.75, 3.05) is 39.3 Å². The van der Waals surface area contributed by atoms with Crippen molar-refractivity contribution in [3.63, 3.8) is 0 Å². The van der Waals surface area contributed by atoms with Gasteiger partial charge in [0, 0.05) is 31.7 Å². The SMILES string of the molecule is CC1CCN(C(C(=O)N2CCNCC2)c2ccccc2F)CC1. The first-order valence-electron chi connectivity index (χ1n) is 8.65. The second-order valence-corrected chi connectivity index (χ2v) is 6.72. The standard InChI is InChI=1S/C18H26FN3O/c1-14-6-10-21(11-7-14)17(15-4-2-3-5-16(15)19)18(23)22-12-8-20-9-13-22/h2-5,14,17,20H,6-13H2,1H3. The normalized spacial score (nSPS) is 22.1. The molecule has 0 aromatic heterocycles. The van der Waals surface area contributed by atoms with Crippen LogP contribution in [0, 0.1) is 11.7 Å². The maximum absolute atomic E-state index is 14.4. The molecule has 4 nitrogen and oxygen atoms in total. The number of piperazine rings is 1. The summed E-state index contributed by atoms with van der Waals surface area (Å²) in [5, 5.41) is 3.26. The van der Waals surface area contributed by atoms with E-state index in [0.29, 0.717) is 24.6 Å². The lowest BCUT2D eigenvalue weighted by atomic mass is 9.95. The third-order valence-electron chi connectivity index (χ3n) is 5.05. The Morgan fingerprint density at radius 1 is 1.17 bits per heavy atom. The molecular weight excluding hydrogens is 293 g/mol. The van der Waals surface area contributed by atoms with E-state index in [1.54, 1.807) is 12.1 Å². The average Bonchev–Trinajstić information content (AvgIpc) is 2.59. The van der Waals surface area contributed by atoms with Crippen molar-refractivity contribution >= 4 is 5.91 Å². The van der Waals surface area contributed by atoms with Gasteiger partial charge in [-0.15, -0.1) is 0 Å². The van der Waals surface area contributed by atoms with E-state index < -0.39 is 6.04 Å². The van der Waals surface area contributed by atoms with Gasteiger partial charge in [-0.1, -0.05) is 25.1 Å². The monoisotopic (exact) mass is 319 g/mol. The van der Waals surface area contributed by atoms with Crippen molar-refractivity contribution in [1.29, 1.82) is 0 Å². The molecule has 23 heavy (non-hydrogen) atoms. The summed E-state index contributed by atoms with van der Waals surface area (Å²) in [5.74, 6) is 0.451. The van der Waals surface area contributed by atoms with Gasteiger partial charge in [-0.2, -0.15) is 0 Å². The van der Waals surface area contributed by atoms with Crippen molar-refractivity contribution in [2.45, 2.75) is 25.8 Å². The Morgan fingerprint density at radius 3 is 2.48 bits per heavy atom. The van der Waals surface area contributed by atoms with Gasteiger partial charge in [0.05, 0.1) is 0 Å². The number of amides is 1. The molecule has 1 aromatic carbocycles. The Bertz CT molecular complexity index is 537. The summed E-state index contributed by atoms with van der Waals surface area (Å²) in [6, 6.07) is 6.24. The van der Waals surface area contributed by atoms with Gasteiger partial charge < -0.3 is 10.2 Å². The third kappa shape index (κ3) is 3.72. The van der Waals surface area contributed by atoms with Gasteiger partial charge in [-0.05, 0) is 37.9 Å². The minimum absolute atomic E-state index is 0.0474. The summed E-state index contributed by atoms with van der Waals surface area (Å²) >= 11 is 0. The molecule has 1 amide bonds. The van der Waals surface area contributed by atoms with Gasteiger partial charge >= 0.3 is 0 Å². The van der Waals surface area contributed by atoms with Crippen molar-refractivity contribution in [3.05, 3.63) is 35.6 Å². The summed E-state index contributed by atoms with van der Waals surface area (Å²) in [6.45, 7) is 6.99. The molecule has 2 heterocycles. The third-order valence-corrected chi connectivity index (χ3v) is 5.05. The van der Waals surface area contributed by atoms with E-state index in [1.807, 2.05) is 11.0 Å². The fraction of sp³-hybridized carbons (Fsp3) is 0.611. The lowest BCUT2D eigenvalue weighted by Gasteiger charge is -2.39. The number of nitrogens with one attached hydrogen (secondary N) is 1. The fourth-order valence-electron chi connectivity index (χ4n) is 3.53. The highest BCUT2D eigenvalue weighted by molar-refractivity contribution is 5.83.